The first-order valence-electron chi connectivity index (χ1n) is 53.0. The topological polar surface area (TPSA) is 343 Å². The van der Waals surface area contributed by atoms with Gasteiger partial charge in [-0.05, 0) is 293 Å². The molecule has 3 saturated carbocycles. The fraction of sp³-hybridized carbons (Fsp3) is 0.980. The van der Waals surface area contributed by atoms with Crippen LogP contribution in [0.1, 0.15) is 112 Å². The number of piperidine rings is 5. The van der Waals surface area contributed by atoms with Crippen LogP contribution in [0.3, 0.4) is 0 Å². The van der Waals surface area contributed by atoms with Gasteiger partial charge in [-0.1, -0.05) is 24.2 Å². The molecule has 19 N–H and O–H groups in total. The molecule has 15 aliphatic heterocycles. The molecule has 15 heterocycles. The van der Waals surface area contributed by atoms with Crippen molar-refractivity contribution in [2.45, 2.75) is 173 Å². The highest BCUT2D eigenvalue weighted by molar-refractivity contribution is 5.89. The lowest BCUT2D eigenvalue weighted by atomic mass is 9.60. The van der Waals surface area contributed by atoms with Gasteiger partial charge in [0.1, 0.15) is 7.11 Å². The number of halogens is 4. The number of nitrogens with zero attached hydrogens (tertiary/aromatic N) is 20. The van der Waals surface area contributed by atoms with Gasteiger partial charge in [0.05, 0.1) is 24.0 Å². The summed E-state index contributed by atoms with van der Waals surface area (Å²) in [5, 5.41) is 28.9. The summed E-state index contributed by atoms with van der Waals surface area (Å²) in [6, 6.07) is 5.51. The van der Waals surface area contributed by atoms with Crippen LogP contribution in [0.25, 0.3) is 0 Å². The molecule has 0 bridgehead atoms. The number of fused-ring (bicyclic) bond motifs is 2. The molecule has 0 aromatic carbocycles. The largest absolute Gasteiger partial charge is 0.411 e. The van der Waals surface area contributed by atoms with Crippen LogP contribution in [-0.4, -0.2) is 581 Å². The predicted octanol–water partition coefficient (Wildman–Crippen LogP) is 1.63. The van der Waals surface area contributed by atoms with Crippen LogP contribution in [0.15, 0.2) is 10.3 Å². The number of nitrogens with two attached hydrogens (primary N) is 7. The summed E-state index contributed by atoms with van der Waals surface area (Å²) in [6.45, 7) is 58.6. The predicted molar refractivity (Wildman–Crippen MR) is 569 cm³/mol. The summed E-state index contributed by atoms with van der Waals surface area (Å²) in [6.07, 6.45) is 8.80. The van der Waals surface area contributed by atoms with Crippen LogP contribution in [0.5, 0.6) is 0 Å². The quantitative estimate of drug-likeness (QED) is 0.0979. The molecule has 7 unspecified atom stereocenters. The Kier molecular flexibility index (Phi) is 61.7. The minimum atomic E-state index is -4.09. The Morgan fingerprint density at radius 2 is 1.00 bits per heavy atom. The molecule has 3 aliphatic carbocycles. The SMILES string of the molecule is CC1CN(C)CC(C)N1.CC1CN(C)CCN1.CC1CN(C)CCN1C.CCN1CCN(C)CC1.CN1CCC(=NO)CC1.CN1CCC(N)CC1.CN1CCN(C)CC1.CN1CCNCC1.CN1CC[C@](CN)(CF)C1.CN1C[C@@H](N)C2(CC2)C1.CN1C[C@@H]2C(N)[C@@H]2C1.CN1C[C@H](CN)[C@@H](C(F)(F)F)C1.CN1C[C@H]2[C@@H](N)C[C@@]2(C)C1.CNC1CCCN(C)C1.CO/N=C1/CN(C)CCC1CN. The molecular formula is C100H217F4N31O2. The summed E-state index contributed by atoms with van der Waals surface area (Å²) >= 11 is 0. The molecule has 137 heavy (non-hydrogen) atoms. The molecule has 18 rings (SSSR count). The Bertz CT molecular complexity index is 3000. The van der Waals surface area contributed by atoms with E-state index in [2.05, 4.69) is 262 Å². The highest BCUT2D eigenvalue weighted by Crippen LogP contribution is 2.52. The first-order valence-corrected chi connectivity index (χ1v) is 53.0. The van der Waals surface area contributed by atoms with Crippen LogP contribution in [0.4, 0.5) is 17.6 Å². The molecular weight excluding hydrogens is 1740 g/mol. The molecule has 1 spiro atoms. The van der Waals surface area contributed by atoms with Crippen molar-refractivity contribution >= 4 is 11.4 Å². The van der Waals surface area contributed by atoms with Crippen LogP contribution in [-0.2, 0) is 4.84 Å². The van der Waals surface area contributed by atoms with Gasteiger partial charge in [0.2, 0.25) is 0 Å². The molecule has 16 atom stereocenters. The second-order valence-electron chi connectivity index (χ2n) is 45.3. The molecule has 33 nitrogen and oxygen atoms in total. The Hall–Kier alpha value is -2.50. The third kappa shape index (κ3) is 50.6. The maximum absolute atomic E-state index is 12.4. The first kappa shape index (κ1) is 127. The number of alkyl halides is 4. The summed E-state index contributed by atoms with van der Waals surface area (Å²) in [5.74, 6) is 1.28. The van der Waals surface area contributed by atoms with Crippen molar-refractivity contribution in [3.8, 4) is 0 Å². The van der Waals surface area contributed by atoms with E-state index in [-0.39, 0.29) is 25.2 Å². The van der Waals surface area contributed by atoms with E-state index in [0.29, 0.717) is 78.7 Å². The average molecular weight is 1960 g/mol. The number of likely N-dealkylation sites (tertiary alicyclic amines) is 9. The average Bonchev–Trinajstić information content (AvgIpc) is 1.62. The summed E-state index contributed by atoms with van der Waals surface area (Å²) in [7, 11) is 39.7. The van der Waals surface area contributed by atoms with Crippen LogP contribution >= 0.6 is 0 Å². The normalized spacial score (nSPS) is 33.8. The Balaban J connectivity index is 0.000000307. The van der Waals surface area contributed by atoms with E-state index < -0.39 is 18.0 Å². The number of piperazine rings is 6. The van der Waals surface area contributed by atoms with Crippen LogP contribution < -0.4 is 61.4 Å². The van der Waals surface area contributed by atoms with Gasteiger partial charge in [0.25, 0.3) is 0 Å². The number of likely N-dealkylation sites (N-methyl/N-ethyl adjacent to an activating group) is 12. The van der Waals surface area contributed by atoms with Gasteiger partial charge >= 0.3 is 6.18 Å². The summed E-state index contributed by atoms with van der Waals surface area (Å²) < 4.78 is 49.3. The number of hydrogen-bond donors (Lipinski definition) is 12. The minimum Gasteiger partial charge on any atom is -0.411 e. The van der Waals surface area contributed by atoms with E-state index in [4.69, 9.17) is 50.2 Å². The molecule has 15 saturated heterocycles. The maximum Gasteiger partial charge on any atom is 0.393 e. The zero-order valence-corrected chi connectivity index (χ0v) is 92.2. The zero-order valence-electron chi connectivity index (χ0n) is 92.2. The molecule has 812 valence electrons. The third-order valence-electron chi connectivity index (χ3n) is 31.5. The van der Waals surface area contributed by atoms with Gasteiger partial charge in [0, 0.05) is 308 Å². The maximum atomic E-state index is 12.4. The van der Waals surface area contributed by atoms with Crippen molar-refractivity contribution < 1.29 is 27.6 Å². The van der Waals surface area contributed by atoms with Gasteiger partial charge in [0.15, 0.2) is 0 Å². The number of hydrogen-bond acceptors (Lipinski definition) is 33. The highest BCUT2D eigenvalue weighted by Gasteiger charge is 2.55. The second-order valence-corrected chi connectivity index (χ2v) is 45.3. The summed E-state index contributed by atoms with van der Waals surface area (Å²) in [5.41, 5.74) is 42.5. The fourth-order valence-electron chi connectivity index (χ4n) is 21.4. The molecule has 0 amide bonds. The van der Waals surface area contributed by atoms with E-state index >= 15 is 0 Å². The van der Waals surface area contributed by atoms with E-state index in [0.717, 1.165) is 132 Å². The number of oxime groups is 2. The highest BCUT2D eigenvalue weighted by atomic mass is 19.4. The van der Waals surface area contributed by atoms with Crippen molar-refractivity contribution in [3.63, 3.8) is 0 Å². The molecule has 0 aromatic heterocycles. The van der Waals surface area contributed by atoms with Crippen molar-refractivity contribution in [2.24, 2.45) is 102 Å². The molecule has 18 aliphatic rings. The van der Waals surface area contributed by atoms with Gasteiger partial charge in [-0.3, -0.25) is 4.39 Å². The molecule has 37 heteroatoms. The lowest BCUT2D eigenvalue weighted by molar-refractivity contribution is -0.179. The van der Waals surface area contributed by atoms with E-state index in [9.17, 15) is 17.6 Å². The van der Waals surface area contributed by atoms with Gasteiger partial charge in [-0.15, -0.1) is 0 Å². The summed E-state index contributed by atoms with van der Waals surface area (Å²) in [4.78, 5) is 46.3. The third-order valence-corrected chi connectivity index (χ3v) is 31.5. The zero-order chi connectivity index (χ0) is 102. The van der Waals surface area contributed by atoms with E-state index in [1.807, 2.05) is 14.1 Å². The van der Waals surface area contributed by atoms with Crippen LogP contribution in [0.2, 0.25) is 0 Å². The van der Waals surface area contributed by atoms with Gasteiger partial charge in [-0.25, -0.2) is 0 Å². The van der Waals surface area contributed by atoms with Crippen LogP contribution in [0, 0.1) is 51.8 Å². The number of nitrogens with one attached hydrogen (secondary N) is 4. The van der Waals surface area contributed by atoms with Crippen molar-refractivity contribution in [2.75, 3.05) is 416 Å². The second kappa shape index (κ2) is 66.7. The van der Waals surface area contributed by atoms with Gasteiger partial charge < -0.3 is 160 Å². The van der Waals surface area contributed by atoms with Crippen molar-refractivity contribution in [1.82, 2.24) is 109 Å². The van der Waals surface area contributed by atoms with E-state index in [1.165, 1.54) is 222 Å². The number of rotatable bonds is 7. The standard InChI is InChI=1S/C8H17N3O.C8H16N2.C7H13F3N2.C7H15FN2.C7H14N2.4C7H16N2.C6H12N2O.C6H12N2.3C6H14N2.C5H12N2/c1-11-4-3-7(5-9)8(6-11)10-12-2;1-8-3-7(9)6(8)4-10(2)5-8;1-12-3-5(2-11)6(4-12)7(8,9)10;1-10-3-2-7(4-8,5-9)6-10;1-9-4-6(8)7(5-9)2-3-7;1-6-4-9(3)5-7(2)8-6;1-7-6-8(2)4-5-9(7)3;1-8-7-4-3-5-9(2)6-7;1-3-9-6-4-8(2)5-7-9;1-8-4-2-6(7-9)3-5-8;1-8-2-4-5(3-8)6(4)7;1-7-3-5-8(2)6-4-7;1-6-5-8(2)4-3-7-6;1-8-4-2-6(7)3-5-8;1-7-4-2-6-3-5-7/h7H,3-6,9H2,1-2H3;6-7H,3-5,9H2,1-2H3;5-6H,2-4,11H2,1H3;2-6,9H2,1H3;6H,2-5,8H2,1H3;6-8H,4-5H2,1-3H3;7H,4-6H2,1-3H3;7-8H,3-6H2,1-2H3;3-7H2,1-2H3;9H,2-5H2,1H3;4-6H,2-3,7H2,1H3;3-6H2,1-2H3;6-7H,3-5H2,1-2H3;6H,2-5,7H2,1H3;6H,2-5H2,1H3/b10-8-;;;;;;;;;;;;;;/t;6-,7-,8-;5-,6-;7-;6-;;;;;;4-,5+,6?;;;;/m.0011........../s1. The molecule has 0 radical (unpaired) electrons. The first-order chi connectivity index (χ1) is 64.7. The lowest BCUT2D eigenvalue weighted by Crippen LogP contribution is -2.53. The Morgan fingerprint density at radius 3 is 1.36 bits per heavy atom. The Labute approximate surface area is 834 Å². The Morgan fingerprint density at radius 1 is 0.496 bits per heavy atom. The van der Waals surface area contributed by atoms with Gasteiger partial charge in [-0.2, -0.15) is 13.2 Å². The molecule has 0 aromatic rings. The lowest BCUT2D eigenvalue weighted by Gasteiger charge is -2.46. The van der Waals surface area contributed by atoms with Crippen molar-refractivity contribution in [3.05, 3.63) is 0 Å². The monoisotopic (exact) mass is 1960 g/mol. The molecule has 18 fully saturated rings. The minimum absolute atomic E-state index is 0.0887. The smallest absolute Gasteiger partial charge is 0.393 e. The van der Waals surface area contributed by atoms with Crippen molar-refractivity contribution in [1.29, 1.82) is 0 Å². The van der Waals surface area contributed by atoms with E-state index in [1.54, 1.807) is 19.1 Å². The fourth-order valence-corrected chi connectivity index (χ4v) is 21.4.